The van der Waals surface area contributed by atoms with Gasteiger partial charge in [0.2, 0.25) is 5.91 Å². The number of benzene rings is 1. The summed E-state index contributed by atoms with van der Waals surface area (Å²) in [5, 5.41) is 0.699. The van der Waals surface area contributed by atoms with Gasteiger partial charge in [-0.05, 0) is 50.5 Å². The summed E-state index contributed by atoms with van der Waals surface area (Å²) < 4.78 is 5.69. The molecule has 0 spiro atoms. The lowest BCUT2D eigenvalue weighted by atomic mass is 10.0. The van der Waals surface area contributed by atoms with Crippen LogP contribution in [0.4, 0.5) is 5.69 Å². The molecule has 5 heteroatoms. The smallest absolute Gasteiger partial charge is 0.244 e. The Labute approximate surface area is 137 Å². The van der Waals surface area contributed by atoms with Crippen LogP contribution >= 0.6 is 11.6 Å². The van der Waals surface area contributed by atoms with Crippen molar-refractivity contribution in [2.75, 3.05) is 31.1 Å². The second-order valence-electron chi connectivity index (χ2n) is 5.96. The highest BCUT2D eigenvalue weighted by molar-refractivity contribution is 6.30. The van der Waals surface area contributed by atoms with Gasteiger partial charge >= 0.3 is 0 Å². The van der Waals surface area contributed by atoms with Crippen molar-refractivity contribution in [3.8, 4) is 0 Å². The van der Waals surface area contributed by atoms with E-state index >= 15 is 0 Å². The third-order valence-corrected chi connectivity index (χ3v) is 4.89. The number of carbonyl (C=O) groups is 1. The largest absolute Gasteiger partial charge is 0.378 e. The molecule has 2 aliphatic rings. The molecule has 2 fully saturated rings. The standard InChI is InChI=1S/C17H23ClN2O2/c1-2-22-15-7-10-19(11-8-15)16-9-12-20(17(16)21)14-5-3-13(18)4-6-14/h3-6,15-16H,2,7-12H2,1H3/t16-/m0/s1. The van der Waals surface area contributed by atoms with E-state index in [2.05, 4.69) is 4.90 Å². The maximum absolute atomic E-state index is 12.7. The van der Waals surface area contributed by atoms with E-state index in [9.17, 15) is 4.79 Å². The van der Waals surface area contributed by atoms with Crippen molar-refractivity contribution < 1.29 is 9.53 Å². The molecule has 0 N–H and O–H groups in total. The third-order valence-electron chi connectivity index (χ3n) is 4.64. The van der Waals surface area contributed by atoms with Gasteiger partial charge in [-0.15, -0.1) is 0 Å². The first kappa shape index (κ1) is 15.8. The van der Waals surface area contributed by atoms with Crippen molar-refractivity contribution in [2.45, 2.75) is 38.3 Å². The highest BCUT2D eigenvalue weighted by Crippen LogP contribution is 2.27. The fraction of sp³-hybridized carbons (Fsp3) is 0.588. The van der Waals surface area contributed by atoms with Gasteiger partial charge in [-0.1, -0.05) is 11.6 Å². The quantitative estimate of drug-likeness (QED) is 0.854. The average Bonchev–Trinajstić information content (AvgIpc) is 2.91. The van der Waals surface area contributed by atoms with Crippen LogP contribution in [0.1, 0.15) is 26.2 Å². The SMILES string of the molecule is CCOC1CCN([C@H]2CCN(c3ccc(Cl)cc3)C2=O)CC1. The maximum Gasteiger partial charge on any atom is 0.244 e. The van der Waals surface area contributed by atoms with Crippen molar-refractivity contribution in [3.05, 3.63) is 29.3 Å². The lowest BCUT2D eigenvalue weighted by molar-refractivity contribution is -0.122. The van der Waals surface area contributed by atoms with Gasteiger partial charge in [-0.3, -0.25) is 9.69 Å². The molecular formula is C17H23ClN2O2. The van der Waals surface area contributed by atoms with Crippen LogP contribution in [0.5, 0.6) is 0 Å². The van der Waals surface area contributed by atoms with Crippen LogP contribution in [0.2, 0.25) is 5.02 Å². The molecule has 2 heterocycles. The second kappa shape index (κ2) is 6.99. The van der Waals surface area contributed by atoms with Gasteiger partial charge in [-0.2, -0.15) is 0 Å². The fourth-order valence-electron chi connectivity index (χ4n) is 3.47. The number of anilines is 1. The van der Waals surface area contributed by atoms with Crippen LogP contribution in [0, 0.1) is 0 Å². The number of amides is 1. The summed E-state index contributed by atoms with van der Waals surface area (Å²) in [6, 6.07) is 7.54. The van der Waals surface area contributed by atoms with Gasteiger partial charge in [0, 0.05) is 37.0 Å². The lowest BCUT2D eigenvalue weighted by Gasteiger charge is -2.34. The number of piperidine rings is 1. The zero-order chi connectivity index (χ0) is 15.5. The molecule has 0 aromatic heterocycles. The Bertz CT molecular complexity index is 512. The van der Waals surface area contributed by atoms with Gasteiger partial charge in [0.05, 0.1) is 12.1 Å². The van der Waals surface area contributed by atoms with Crippen molar-refractivity contribution in [2.24, 2.45) is 0 Å². The molecule has 2 aliphatic heterocycles. The third kappa shape index (κ3) is 3.29. The first-order valence-corrected chi connectivity index (χ1v) is 8.49. The van der Waals surface area contributed by atoms with Gasteiger partial charge in [-0.25, -0.2) is 0 Å². The van der Waals surface area contributed by atoms with Crippen LogP contribution in [0.3, 0.4) is 0 Å². The minimum atomic E-state index is 0.0262. The molecule has 0 bridgehead atoms. The Morgan fingerprint density at radius 3 is 2.45 bits per heavy atom. The zero-order valence-electron chi connectivity index (χ0n) is 13.0. The number of hydrogen-bond donors (Lipinski definition) is 0. The molecular weight excluding hydrogens is 300 g/mol. The summed E-state index contributed by atoms with van der Waals surface area (Å²) >= 11 is 5.92. The molecule has 0 saturated carbocycles. The Kier molecular flexibility index (Phi) is 5.01. The molecule has 1 aromatic carbocycles. The minimum Gasteiger partial charge on any atom is -0.378 e. The van der Waals surface area contributed by atoms with Crippen molar-refractivity contribution in [1.82, 2.24) is 4.90 Å². The van der Waals surface area contributed by atoms with Crippen molar-refractivity contribution in [3.63, 3.8) is 0 Å². The fourth-order valence-corrected chi connectivity index (χ4v) is 3.60. The van der Waals surface area contributed by atoms with Crippen LogP contribution in [0.15, 0.2) is 24.3 Å². The molecule has 1 amide bonds. The molecule has 0 aliphatic carbocycles. The van der Waals surface area contributed by atoms with E-state index in [-0.39, 0.29) is 11.9 Å². The number of carbonyl (C=O) groups excluding carboxylic acids is 1. The number of hydrogen-bond acceptors (Lipinski definition) is 3. The Morgan fingerprint density at radius 2 is 1.82 bits per heavy atom. The monoisotopic (exact) mass is 322 g/mol. The van der Waals surface area contributed by atoms with Crippen LogP contribution < -0.4 is 4.90 Å². The van der Waals surface area contributed by atoms with E-state index in [1.54, 1.807) is 0 Å². The van der Waals surface area contributed by atoms with Crippen LogP contribution in [-0.2, 0) is 9.53 Å². The number of rotatable bonds is 4. The number of halogens is 1. The molecule has 4 nitrogen and oxygen atoms in total. The highest BCUT2D eigenvalue weighted by atomic mass is 35.5. The number of nitrogens with zero attached hydrogens (tertiary/aromatic N) is 2. The Morgan fingerprint density at radius 1 is 1.14 bits per heavy atom. The number of ether oxygens (including phenoxy) is 1. The average molecular weight is 323 g/mol. The molecule has 120 valence electrons. The predicted octanol–water partition coefficient (Wildman–Crippen LogP) is 2.95. The van der Waals surface area contributed by atoms with Crippen LogP contribution in [0.25, 0.3) is 0 Å². The van der Waals surface area contributed by atoms with E-state index in [0.29, 0.717) is 11.1 Å². The van der Waals surface area contributed by atoms with Gasteiger partial charge in [0.25, 0.3) is 0 Å². The Hall–Kier alpha value is -1.10. The summed E-state index contributed by atoms with van der Waals surface area (Å²) in [6.45, 7) is 5.51. The molecule has 22 heavy (non-hydrogen) atoms. The van der Waals surface area contributed by atoms with Gasteiger partial charge < -0.3 is 9.64 Å². The van der Waals surface area contributed by atoms with Gasteiger partial charge in [0.1, 0.15) is 0 Å². The van der Waals surface area contributed by atoms with Crippen LogP contribution in [-0.4, -0.2) is 49.2 Å². The summed E-state index contributed by atoms with van der Waals surface area (Å²) in [6.07, 6.45) is 3.32. The van der Waals surface area contributed by atoms with E-state index < -0.39 is 0 Å². The van der Waals surface area contributed by atoms with Crippen molar-refractivity contribution in [1.29, 1.82) is 0 Å². The molecule has 1 aromatic rings. The van der Waals surface area contributed by atoms with E-state index in [0.717, 1.165) is 51.2 Å². The maximum atomic E-state index is 12.7. The minimum absolute atomic E-state index is 0.0262. The summed E-state index contributed by atoms with van der Waals surface area (Å²) in [4.78, 5) is 16.9. The summed E-state index contributed by atoms with van der Waals surface area (Å²) in [5.41, 5.74) is 0.945. The molecule has 0 radical (unpaired) electrons. The zero-order valence-corrected chi connectivity index (χ0v) is 13.8. The van der Waals surface area contributed by atoms with E-state index in [1.807, 2.05) is 36.1 Å². The first-order chi connectivity index (χ1) is 10.7. The molecule has 1 atom stereocenters. The molecule has 2 saturated heterocycles. The Balaban J connectivity index is 1.61. The molecule has 3 rings (SSSR count). The topological polar surface area (TPSA) is 32.8 Å². The predicted molar refractivity (Wildman–Crippen MR) is 88.4 cm³/mol. The van der Waals surface area contributed by atoms with Gasteiger partial charge in [0.15, 0.2) is 0 Å². The van der Waals surface area contributed by atoms with E-state index in [4.69, 9.17) is 16.3 Å². The number of likely N-dealkylation sites (tertiary alicyclic amines) is 1. The normalized spacial score (nSPS) is 24.2. The molecule has 0 unspecified atom stereocenters. The second-order valence-corrected chi connectivity index (χ2v) is 6.40. The summed E-state index contributed by atoms with van der Waals surface area (Å²) in [7, 11) is 0. The van der Waals surface area contributed by atoms with E-state index in [1.165, 1.54) is 0 Å². The first-order valence-electron chi connectivity index (χ1n) is 8.11. The summed E-state index contributed by atoms with van der Waals surface area (Å²) in [5.74, 6) is 0.220. The lowest BCUT2D eigenvalue weighted by Crippen LogP contribution is -2.47. The highest BCUT2D eigenvalue weighted by Gasteiger charge is 2.37. The van der Waals surface area contributed by atoms with Crippen molar-refractivity contribution >= 4 is 23.2 Å².